The third-order valence-electron chi connectivity index (χ3n) is 4.12. The predicted octanol–water partition coefficient (Wildman–Crippen LogP) is 6.20. The van der Waals surface area contributed by atoms with Crippen molar-refractivity contribution in [1.29, 1.82) is 0 Å². The van der Waals surface area contributed by atoms with Crippen LogP contribution in [0.4, 0.5) is 4.79 Å². The van der Waals surface area contributed by atoms with Gasteiger partial charge in [-0.2, -0.15) is 0 Å². The molecule has 0 aliphatic carbocycles. The lowest BCUT2D eigenvalue weighted by molar-refractivity contribution is 0.0492. The predicted molar refractivity (Wildman–Crippen MR) is 127 cm³/mol. The number of benzene rings is 1. The van der Waals surface area contributed by atoms with Crippen LogP contribution in [0.25, 0.3) is 0 Å². The number of ether oxygens (including phenoxy) is 2. The number of nitrogens with zero attached hydrogens (tertiary/aromatic N) is 1. The highest BCUT2D eigenvalue weighted by Crippen LogP contribution is 2.50. The Labute approximate surface area is 192 Å². The second kappa shape index (κ2) is 12.4. The van der Waals surface area contributed by atoms with Crippen LogP contribution < -0.4 is 5.32 Å². The van der Waals surface area contributed by atoms with Crippen LogP contribution in [0.5, 0.6) is 0 Å². The van der Waals surface area contributed by atoms with Crippen molar-refractivity contribution < 1.29 is 27.9 Å². The molecule has 32 heavy (non-hydrogen) atoms. The maximum absolute atomic E-state index is 13.1. The first-order valence-electron chi connectivity index (χ1n) is 11.0. The van der Waals surface area contributed by atoms with Crippen LogP contribution in [0.2, 0.25) is 0 Å². The molecule has 1 aromatic carbocycles. The van der Waals surface area contributed by atoms with E-state index in [2.05, 4.69) is 10.1 Å². The van der Waals surface area contributed by atoms with Crippen LogP contribution in [-0.4, -0.2) is 36.9 Å². The van der Waals surface area contributed by atoms with E-state index in [4.69, 9.17) is 18.5 Å². The minimum atomic E-state index is -3.78. The van der Waals surface area contributed by atoms with E-state index in [1.165, 1.54) is 0 Å². The smallest absolute Gasteiger partial charge is 0.456 e. The molecule has 0 heterocycles. The molecule has 0 aliphatic rings. The molecular weight excluding hydrogens is 431 g/mol. The average Bonchev–Trinajstić information content (AvgIpc) is 2.63. The van der Waals surface area contributed by atoms with Gasteiger partial charge in [0.15, 0.2) is 5.90 Å². The molecule has 1 rings (SSSR count). The van der Waals surface area contributed by atoms with E-state index in [1.54, 1.807) is 34.6 Å². The summed E-state index contributed by atoms with van der Waals surface area (Å²) in [6, 6.07) is 7.20. The van der Waals surface area contributed by atoms with Gasteiger partial charge in [-0.3, -0.25) is 9.05 Å². The number of amides is 1. The molecule has 2 atom stereocenters. The van der Waals surface area contributed by atoms with Crippen LogP contribution in [0, 0.1) is 12.8 Å². The third-order valence-corrected chi connectivity index (χ3v) is 5.74. The van der Waals surface area contributed by atoms with Crippen molar-refractivity contribution in [3.63, 3.8) is 0 Å². The monoisotopic (exact) mass is 470 g/mol. The molecule has 0 unspecified atom stereocenters. The molecule has 1 N–H and O–H groups in total. The van der Waals surface area contributed by atoms with Crippen LogP contribution >= 0.6 is 7.75 Å². The van der Waals surface area contributed by atoms with Crippen molar-refractivity contribution in [2.45, 2.75) is 80.1 Å². The van der Waals surface area contributed by atoms with Crippen LogP contribution in [-0.2, 0) is 23.1 Å². The van der Waals surface area contributed by atoms with Crippen molar-refractivity contribution >= 4 is 19.7 Å². The van der Waals surface area contributed by atoms with E-state index < -0.39 is 31.4 Å². The fourth-order valence-corrected chi connectivity index (χ4v) is 4.26. The van der Waals surface area contributed by atoms with Gasteiger partial charge in [0.05, 0.1) is 31.3 Å². The molecule has 0 fully saturated rings. The minimum Gasteiger partial charge on any atom is -0.478 e. The lowest BCUT2D eigenvalue weighted by Crippen LogP contribution is -2.40. The summed E-state index contributed by atoms with van der Waals surface area (Å²) in [4.78, 5) is 12.6. The van der Waals surface area contributed by atoms with Crippen molar-refractivity contribution in [3.05, 3.63) is 35.4 Å². The molecular formula is C23H39N2O6P. The van der Waals surface area contributed by atoms with E-state index in [0.29, 0.717) is 0 Å². The Bertz CT molecular complexity index is 809. The number of carbonyl (C=O) groups is 1. The Kier molecular flexibility index (Phi) is 10.9. The average molecular weight is 471 g/mol. The lowest BCUT2D eigenvalue weighted by Gasteiger charge is -2.29. The van der Waals surface area contributed by atoms with E-state index in [1.807, 2.05) is 52.0 Å². The van der Waals surface area contributed by atoms with E-state index in [-0.39, 0.29) is 25.2 Å². The summed E-state index contributed by atoms with van der Waals surface area (Å²) in [5, 5.41) is 2.93. The third kappa shape index (κ3) is 9.72. The Morgan fingerprint density at radius 2 is 1.72 bits per heavy atom. The van der Waals surface area contributed by atoms with Gasteiger partial charge in [0.2, 0.25) is 0 Å². The number of nitrogens with one attached hydrogen (secondary N) is 1. The molecule has 9 heteroatoms. The number of alkyl carbamates (subject to hydrolysis) is 1. The molecule has 0 radical (unpaired) electrons. The Hall–Kier alpha value is -1.89. The van der Waals surface area contributed by atoms with Gasteiger partial charge in [0.1, 0.15) is 5.60 Å². The molecule has 0 saturated heterocycles. The highest BCUT2D eigenvalue weighted by atomic mass is 31.2. The molecule has 182 valence electrons. The Morgan fingerprint density at radius 1 is 1.12 bits per heavy atom. The highest BCUT2D eigenvalue weighted by molar-refractivity contribution is 7.52. The summed E-state index contributed by atoms with van der Waals surface area (Å²) in [7, 11) is -3.78. The van der Waals surface area contributed by atoms with Crippen molar-refractivity contribution in [1.82, 2.24) is 5.32 Å². The molecule has 1 amide bonds. The zero-order valence-electron chi connectivity index (χ0n) is 20.8. The number of rotatable bonds is 10. The zero-order valence-corrected chi connectivity index (χ0v) is 21.7. The lowest BCUT2D eigenvalue weighted by atomic mass is 9.93. The summed E-state index contributed by atoms with van der Waals surface area (Å²) in [5.41, 5.74) is 1.21. The summed E-state index contributed by atoms with van der Waals surface area (Å²) in [6.45, 7) is 16.7. The van der Waals surface area contributed by atoms with Crippen molar-refractivity contribution in [2.24, 2.45) is 10.7 Å². The van der Waals surface area contributed by atoms with Gasteiger partial charge in [-0.15, -0.1) is 4.76 Å². The normalized spacial score (nSPS) is 14.8. The number of aryl methyl sites for hydroxylation is 1. The van der Waals surface area contributed by atoms with Gasteiger partial charge < -0.3 is 14.8 Å². The molecule has 0 saturated carbocycles. The van der Waals surface area contributed by atoms with Gasteiger partial charge in [-0.1, -0.05) is 36.8 Å². The van der Waals surface area contributed by atoms with Crippen molar-refractivity contribution in [2.75, 3.05) is 13.2 Å². The fraction of sp³-hybridized carbons (Fsp3) is 0.652. The van der Waals surface area contributed by atoms with Gasteiger partial charge in [0, 0.05) is 0 Å². The van der Waals surface area contributed by atoms with Gasteiger partial charge in [0.25, 0.3) is 0 Å². The summed E-state index contributed by atoms with van der Waals surface area (Å²) in [5.74, 6) is -0.325. The van der Waals surface area contributed by atoms with Gasteiger partial charge in [-0.25, -0.2) is 9.36 Å². The number of carbonyl (C=O) groups excluding carboxylic acids is 1. The van der Waals surface area contributed by atoms with Crippen LogP contribution in [0.1, 0.15) is 72.6 Å². The first-order valence-corrected chi connectivity index (χ1v) is 12.5. The summed E-state index contributed by atoms with van der Waals surface area (Å²) in [6.07, 6.45) is -0.815. The van der Waals surface area contributed by atoms with E-state index >= 15 is 0 Å². The molecule has 0 aliphatic heterocycles. The molecule has 0 bridgehead atoms. The second-order valence-corrected chi connectivity index (χ2v) is 10.4. The zero-order chi connectivity index (χ0) is 24.5. The van der Waals surface area contributed by atoms with Crippen LogP contribution in [0.3, 0.4) is 0 Å². The minimum absolute atomic E-state index is 0.168. The SMILES string of the molecule is CCOP(=O)(/N=C(\OC(C)C)[C@H](C)[C@H](NC(=O)OC(C)(C)C)c1cccc(C)c1)OCC. The standard InChI is InChI=1S/C23H39N2O6P/c1-10-28-32(27,29-11-2)25-21(30-16(3)4)18(6)20(19-14-12-13-17(5)15-19)24-22(26)31-23(7,8)9/h12-16,18,20H,10-11H2,1-9H3,(H,24,26)/b25-21-/t18-,20+/m1/s1. The molecule has 0 spiro atoms. The number of hydrogen-bond donors (Lipinski definition) is 1. The highest BCUT2D eigenvalue weighted by Gasteiger charge is 2.33. The van der Waals surface area contributed by atoms with E-state index in [0.717, 1.165) is 11.1 Å². The molecule has 0 aromatic heterocycles. The molecule has 1 aromatic rings. The van der Waals surface area contributed by atoms with E-state index in [9.17, 15) is 9.36 Å². The van der Waals surface area contributed by atoms with Gasteiger partial charge >= 0.3 is 13.8 Å². The second-order valence-electron chi connectivity index (χ2n) is 8.74. The maximum atomic E-state index is 13.1. The quantitative estimate of drug-likeness (QED) is 0.248. The fourth-order valence-electron chi connectivity index (χ4n) is 2.94. The molecule has 8 nitrogen and oxygen atoms in total. The summed E-state index contributed by atoms with van der Waals surface area (Å²) < 4.78 is 39.5. The summed E-state index contributed by atoms with van der Waals surface area (Å²) >= 11 is 0. The van der Waals surface area contributed by atoms with Crippen molar-refractivity contribution in [3.8, 4) is 0 Å². The van der Waals surface area contributed by atoms with Crippen LogP contribution in [0.15, 0.2) is 29.0 Å². The Balaban J connectivity index is 3.45. The maximum Gasteiger partial charge on any atom is 0.456 e. The van der Waals surface area contributed by atoms with Gasteiger partial charge in [-0.05, 0) is 61.0 Å². The number of hydrogen-bond acceptors (Lipinski definition) is 6. The topological polar surface area (TPSA) is 95.5 Å². The first kappa shape index (κ1) is 28.1. The first-order chi connectivity index (χ1) is 14.8. The largest absolute Gasteiger partial charge is 0.478 e. The Morgan fingerprint density at radius 3 is 2.19 bits per heavy atom.